The number of carbonyl (C=O) groups excluding carboxylic acids is 1. The standard InChI is InChI=1S/C13H20N2O3S/c1-5-10(3)15(4)13(16)11-6-9(2)7-12(8-11)19(14,17)18/h6-8,10H,5H2,1-4H3,(H2,14,17,18). The summed E-state index contributed by atoms with van der Waals surface area (Å²) in [7, 11) is -2.10. The number of nitrogens with zero attached hydrogens (tertiary/aromatic N) is 1. The Morgan fingerprint density at radius 3 is 2.42 bits per heavy atom. The first-order chi connectivity index (χ1) is 8.66. The summed E-state index contributed by atoms with van der Waals surface area (Å²) >= 11 is 0. The minimum absolute atomic E-state index is 0.0339. The van der Waals surface area contributed by atoms with E-state index in [0.29, 0.717) is 11.1 Å². The second-order valence-corrected chi connectivity index (χ2v) is 6.31. The molecule has 0 aliphatic carbocycles. The summed E-state index contributed by atoms with van der Waals surface area (Å²) in [6.07, 6.45) is 0.829. The van der Waals surface area contributed by atoms with E-state index < -0.39 is 10.0 Å². The van der Waals surface area contributed by atoms with Crippen LogP contribution in [0.25, 0.3) is 0 Å². The van der Waals surface area contributed by atoms with Crippen molar-refractivity contribution in [3.05, 3.63) is 29.3 Å². The lowest BCUT2D eigenvalue weighted by Gasteiger charge is -2.24. The van der Waals surface area contributed by atoms with Gasteiger partial charge in [-0.1, -0.05) is 6.92 Å². The van der Waals surface area contributed by atoms with E-state index >= 15 is 0 Å². The molecule has 0 spiro atoms. The van der Waals surface area contributed by atoms with E-state index in [-0.39, 0.29) is 16.8 Å². The van der Waals surface area contributed by atoms with Gasteiger partial charge in [0.15, 0.2) is 0 Å². The quantitative estimate of drug-likeness (QED) is 0.910. The molecule has 106 valence electrons. The first-order valence-electron chi connectivity index (χ1n) is 6.08. The highest BCUT2D eigenvalue weighted by Gasteiger charge is 2.19. The van der Waals surface area contributed by atoms with Crippen LogP contribution in [0.2, 0.25) is 0 Å². The molecule has 1 aromatic carbocycles. The molecule has 0 heterocycles. The van der Waals surface area contributed by atoms with Gasteiger partial charge in [0.25, 0.3) is 5.91 Å². The number of hydrogen-bond acceptors (Lipinski definition) is 3. The highest BCUT2D eigenvalue weighted by Crippen LogP contribution is 2.16. The molecule has 1 amide bonds. The van der Waals surface area contributed by atoms with Gasteiger partial charge in [-0.05, 0) is 44.0 Å². The fourth-order valence-corrected chi connectivity index (χ4v) is 2.35. The van der Waals surface area contributed by atoms with E-state index in [4.69, 9.17) is 5.14 Å². The fraction of sp³-hybridized carbons (Fsp3) is 0.462. The van der Waals surface area contributed by atoms with Gasteiger partial charge in [0.05, 0.1) is 4.90 Å². The lowest BCUT2D eigenvalue weighted by atomic mass is 10.1. The molecule has 0 saturated carbocycles. The maximum Gasteiger partial charge on any atom is 0.253 e. The molecule has 0 saturated heterocycles. The van der Waals surface area contributed by atoms with Gasteiger partial charge in [0, 0.05) is 18.7 Å². The second-order valence-electron chi connectivity index (χ2n) is 4.75. The highest BCUT2D eigenvalue weighted by atomic mass is 32.2. The summed E-state index contributed by atoms with van der Waals surface area (Å²) in [4.78, 5) is 13.8. The molecule has 6 heteroatoms. The predicted molar refractivity (Wildman–Crippen MR) is 74.4 cm³/mol. The molecule has 0 aliphatic heterocycles. The summed E-state index contributed by atoms with van der Waals surface area (Å²) < 4.78 is 22.7. The van der Waals surface area contributed by atoms with Crippen molar-refractivity contribution in [1.82, 2.24) is 4.90 Å². The molecule has 0 radical (unpaired) electrons. The topological polar surface area (TPSA) is 80.5 Å². The molecule has 0 bridgehead atoms. The second kappa shape index (κ2) is 5.71. The molecular weight excluding hydrogens is 264 g/mol. The van der Waals surface area contributed by atoms with E-state index in [9.17, 15) is 13.2 Å². The molecule has 1 atom stereocenters. The zero-order valence-corrected chi connectivity index (χ0v) is 12.5. The number of amides is 1. The van der Waals surface area contributed by atoms with Crippen LogP contribution < -0.4 is 5.14 Å². The molecule has 2 N–H and O–H groups in total. The number of carbonyl (C=O) groups is 1. The highest BCUT2D eigenvalue weighted by molar-refractivity contribution is 7.89. The molecular formula is C13H20N2O3S. The maximum absolute atomic E-state index is 12.3. The van der Waals surface area contributed by atoms with Gasteiger partial charge < -0.3 is 4.90 Å². The van der Waals surface area contributed by atoms with Crippen molar-refractivity contribution in [1.29, 1.82) is 0 Å². The number of aryl methyl sites for hydroxylation is 1. The number of nitrogens with two attached hydrogens (primary N) is 1. The SMILES string of the molecule is CCC(C)N(C)C(=O)c1cc(C)cc(S(N)(=O)=O)c1. The van der Waals surface area contributed by atoms with Crippen molar-refractivity contribution >= 4 is 15.9 Å². The Balaban J connectivity index is 3.22. The van der Waals surface area contributed by atoms with Crippen molar-refractivity contribution in [2.24, 2.45) is 5.14 Å². The Morgan fingerprint density at radius 1 is 1.37 bits per heavy atom. The van der Waals surface area contributed by atoms with E-state index in [2.05, 4.69) is 0 Å². The first-order valence-corrected chi connectivity index (χ1v) is 7.63. The van der Waals surface area contributed by atoms with Gasteiger partial charge in [-0.15, -0.1) is 0 Å². The van der Waals surface area contributed by atoms with Crippen LogP contribution in [-0.4, -0.2) is 32.3 Å². The normalized spacial score (nSPS) is 13.1. The van der Waals surface area contributed by atoms with Crippen LogP contribution in [0.5, 0.6) is 0 Å². The number of primary sulfonamides is 1. The van der Waals surface area contributed by atoms with Crippen LogP contribution >= 0.6 is 0 Å². The van der Waals surface area contributed by atoms with E-state index in [1.165, 1.54) is 12.1 Å². The number of hydrogen-bond donors (Lipinski definition) is 1. The van der Waals surface area contributed by atoms with Crippen LogP contribution in [-0.2, 0) is 10.0 Å². The number of sulfonamides is 1. The summed E-state index contributed by atoms with van der Waals surface area (Å²) in [5.41, 5.74) is 1.03. The summed E-state index contributed by atoms with van der Waals surface area (Å²) in [5.74, 6) is -0.206. The molecule has 0 aromatic heterocycles. The van der Waals surface area contributed by atoms with Gasteiger partial charge in [-0.3, -0.25) is 4.79 Å². The lowest BCUT2D eigenvalue weighted by molar-refractivity contribution is 0.0740. The van der Waals surface area contributed by atoms with Gasteiger partial charge >= 0.3 is 0 Å². The average molecular weight is 284 g/mol. The van der Waals surface area contributed by atoms with Crippen LogP contribution in [0.15, 0.2) is 23.1 Å². The Labute approximate surface area is 114 Å². The minimum Gasteiger partial charge on any atom is -0.339 e. The monoisotopic (exact) mass is 284 g/mol. The maximum atomic E-state index is 12.3. The minimum atomic E-state index is -3.80. The third-order valence-corrected chi connectivity index (χ3v) is 4.09. The van der Waals surface area contributed by atoms with E-state index in [1.807, 2.05) is 13.8 Å². The Morgan fingerprint density at radius 2 is 1.95 bits per heavy atom. The van der Waals surface area contributed by atoms with E-state index in [1.54, 1.807) is 24.9 Å². The Kier molecular flexibility index (Phi) is 4.70. The molecule has 1 aromatic rings. The summed E-state index contributed by atoms with van der Waals surface area (Å²) in [6, 6.07) is 4.53. The zero-order chi connectivity index (χ0) is 14.8. The van der Waals surface area contributed by atoms with Crippen molar-refractivity contribution in [3.63, 3.8) is 0 Å². The van der Waals surface area contributed by atoms with Crippen LogP contribution in [0.4, 0.5) is 0 Å². The van der Waals surface area contributed by atoms with Crippen LogP contribution in [0, 0.1) is 6.92 Å². The number of rotatable bonds is 4. The van der Waals surface area contributed by atoms with Crippen LogP contribution in [0.3, 0.4) is 0 Å². The van der Waals surface area contributed by atoms with E-state index in [0.717, 1.165) is 6.42 Å². The third kappa shape index (κ3) is 3.78. The molecule has 0 aliphatic rings. The van der Waals surface area contributed by atoms with Gasteiger partial charge in [0.2, 0.25) is 10.0 Å². The molecule has 5 nitrogen and oxygen atoms in total. The smallest absolute Gasteiger partial charge is 0.253 e. The average Bonchev–Trinajstić information content (AvgIpc) is 2.34. The van der Waals surface area contributed by atoms with Gasteiger partial charge in [-0.2, -0.15) is 0 Å². The summed E-state index contributed by atoms with van der Waals surface area (Å²) in [5, 5.41) is 5.10. The lowest BCUT2D eigenvalue weighted by Crippen LogP contribution is -2.34. The van der Waals surface area contributed by atoms with Crippen molar-refractivity contribution in [2.75, 3.05) is 7.05 Å². The largest absolute Gasteiger partial charge is 0.339 e. The molecule has 1 unspecified atom stereocenters. The number of benzene rings is 1. The van der Waals surface area contributed by atoms with Gasteiger partial charge in [-0.25, -0.2) is 13.6 Å². The first kappa shape index (κ1) is 15.7. The van der Waals surface area contributed by atoms with Gasteiger partial charge in [0.1, 0.15) is 0 Å². The zero-order valence-electron chi connectivity index (χ0n) is 11.7. The Bertz CT molecular complexity index is 582. The Hall–Kier alpha value is -1.40. The fourth-order valence-electron chi connectivity index (χ4n) is 1.71. The molecule has 1 rings (SSSR count). The van der Waals surface area contributed by atoms with Crippen molar-refractivity contribution in [2.45, 2.75) is 38.1 Å². The van der Waals surface area contributed by atoms with Crippen molar-refractivity contribution < 1.29 is 13.2 Å². The predicted octanol–water partition coefficient (Wildman–Crippen LogP) is 1.51. The molecule has 19 heavy (non-hydrogen) atoms. The molecule has 0 fully saturated rings. The summed E-state index contributed by atoms with van der Waals surface area (Å²) in [6.45, 7) is 5.66. The van der Waals surface area contributed by atoms with Crippen LogP contribution in [0.1, 0.15) is 36.2 Å². The third-order valence-electron chi connectivity index (χ3n) is 3.20. The van der Waals surface area contributed by atoms with Crippen molar-refractivity contribution in [3.8, 4) is 0 Å².